The first kappa shape index (κ1) is 17.6. The van der Waals surface area contributed by atoms with Crippen LogP contribution in [-0.4, -0.2) is 32.2 Å². The first-order valence-electron chi connectivity index (χ1n) is 9.00. The number of aryl methyl sites for hydroxylation is 1. The highest BCUT2D eigenvalue weighted by atomic mass is 32.1. The van der Waals surface area contributed by atoms with Crippen molar-refractivity contribution in [2.75, 3.05) is 6.54 Å². The van der Waals surface area contributed by atoms with Crippen molar-refractivity contribution in [1.29, 1.82) is 0 Å². The fraction of sp³-hybridized carbons (Fsp3) is 0.300. The second-order valence-corrected chi connectivity index (χ2v) is 7.91. The quantitative estimate of drug-likeness (QED) is 0.571. The number of benzene rings is 1. The molecule has 4 rings (SSSR count). The lowest BCUT2D eigenvalue weighted by Crippen LogP contribution is -2.26. The van der Waals surface area contributed by atoms with Crippen LogP contribution >= 0.6 is 11.3 Å². The molecule has 1 aromatic carbocycles. The van der Waals surface area contributed by atoms with Gasteiger partial charge >= 0.3 is 0 Å². The number of hydrogen-bond donors (Lipinski definition) is 1. The van der Waals surface area contributed by atoms with Crippen LogP contribution in [0, 0.1) is 6.92 Å². The molecule has 0 atom stereocenters. The topological polar surface area (TPSA) is 72.7 Å². The Kier molecular flexibility index (Phi) is 4.61. The van der Waals surface area contributed by atoms with Gasteiger partial charge in [0.1, 0.15) is 0 Å². The average Bonchev–Trinajstić information content (AvgIpc) is 3.23. The van der Waals surface area contributed by atoms with Gasteiger partial charge in [0.05, 0.1) is 32.7 Å². The zero-order chi connectivity index (χ0) is 19.0. The first-order chi connectivity index (χ1) is 13.0. The van der Waals surface area contributed by atoms with Gasteiger partial charge in [-0.15, -0.1) is 11.3 Å². The Hall–Kier alpha value is -2.80. The number of carbonyl (C=O) groups is 1. The number of rotatable bonds is 5. The summed E-state index contributed by atoms with van der Waals surface area (Å²) >= 11 is 1.67. The van der Waals surface area contributed by atoms with Crippen molar-refractivity contribution in [3.05, 3.63) is 52.8 Å². The SMILES string of the molecule is Cc1nc2c(cnn2C(C)C)cc1C(=O)NCCc1nc2ccccc2s1. The molecule has 6 nitrogen and oxygen atoms in total. The molecule has 27 heavy (non-hydrogen) atoms. The molecular weight excluding hydrogens is 358 g/mol. The second kappa shape index (κ2) is 7.08. The number of hydrogen-bond acceptors (Lipinski definition) is 5. The molecule has 0 aliphatic carbocycles. The van der Waals surface area contributed by atoms with Crippen LogP contribution < -0.4 is 5.32 Å². The maximum atomic E-state index is 12.6. The third-order valence-electron chi connectivity index (χ3n) is 4.46. The Morgan fingerprint density at radius 1 is 1.26 bits per heavy atom. The van der Waals surface area contributed by atoms with Crippen molar-refractivity contribution >= 4 is 38.5 Å². The smallest absolute Gasteiger partial charge is 0.253 e. The maximum Gasteiger partial charge on any atom is 0.253 e. The van der Waals surface area contributed by atoms with Crippen LogP contribution in [0.2, 0.25) is 0 Å². The van der Waals surface area contributed by atoms with E-state index in [1.807, 2.05) is 35.9 Å². The zero-order valence-electron chi connectivity index (χ0n) is 15.6. The predicted molar refractivity (Wildman–Crippen MR) is 108 cm³/mol. The van der Waals surface area contributed by atoms with Crippen LogP contribution in [0.5, 0.6) is 0 Å². The Morgan fingerprint density at radius 3 is 2.85 bits per heavy atom. The minimum Gasteiger partial charge on any atom is -0.352 e. The van der Waals surface area contributed by atoms with Gasteiger partial charge in [-0.25, -0.2) is 14.6 Å². The largest absolute Gasteiger partial charge is 0.352 e. The van der Waals surface area contributed by atoms with Crippen LogP contribution in [-0.2, 0) is 6.42 Å². The number of nitrogens with one attached hydrogen (secondary N) is 1. The van der Waals surface area contributed by atoms with E-state index in [-0.39, 0.29) is 11.9 Å². The number of aromatic nitrogens is 4. The summed E-state index contributed by atoms with van der Waals surface area (Å²) in [5.41, 5.74) is 3.13. The van der Waals surface area contributed by atoms with Gasteiger partial charge in [-0.05, 0) is 39.0 Å². The van der Waals surface area contributed by atoms with E-state index in [1.54, 1.807) is 17.5 Å². The minimum absolute atomic E-state index is 0.111. The third-order valence-corrected chi connectivity index (χ3v) is 5.55. The van der Waals surface area contributed by atoms with Gasteiger partial charge in [0.25, 0.3) is 5.91 Å². The Morgan fingerprint density at radius 2 is 2.07 bits per heavy atom. The molecule has 0 unspecified atom stereocenters. The summed E-state index contributed by atoms with van der Waals surface area (Å²) in [7, 11) is 0. The van der Waals surface area contributed by atoms with Crippen LogP contribution in [0.4, 0.5) is 0 Å². The van der Waals surface area contributed by atoms with E-state index < -0.39 is 0 Å². The number of amides is 1. The normalized spacial score (nSPS) is 11.6. The van der Waals surface area contributed by atoms with E-state index in [9.17, 15) is 4.79 Å². The molecule has 4 aromatic rings. The molecule has 0 spiro atoms. The van der Waals surface area contributed by atoms with Crippen LogP contribution in [0.15, 0.2) is 36.5 Å². The highest BCUT2D eigenvalue weighted by Crippen LogP contribution is 2.22. The highest BCUT2D eigenvalue weighted by Gasteiger charge is 2.15. The molecule has 3 aromatic heterocycles. The van der Waals surface area contributed by atoms with Gasteiger partial charge in [-0.1, -0.05) is 12.1 Å². The summed E-state index contributed by atoms with van der Waals surface area (Å²) in [5.74, 6) is -0.111. The summed E-state index contributed by atoms with van der Waals surface area (Å²) in [4.78, 5) is 21.8. The summed E-state index contributed by atoms with van der Waals surface area (Å²) in [5, 5.41) is 9.27. The second-order valence-electron chi connectivity index (χ2n) is 6.80. The molecule has 0 bridgehead atoms. The Bertz CT molecular complexity index is 1100. The van der Waals surface area contributed by atoms with Crippen LogP contribution in [0.25, 0.3) is 21.3 Å². The van der Waals surface area contributed by atoms with E-state index in [0.717, 1.165) is 21.6 Å². The van der Waals surface area contributed by atoms with E-state index in [1.165, 1.54) is 4.70 Å². The lowest BCUT2D eigenvalue weighted by atomic mass is 10.1. The van der Waals surface area contributed by atoms with Crippen molar-refractivity contribution < 1.29 is 4.79 Å². The van der Waals surface area contributed by atoms with Gasteiger partial charge in [0, 0.05) is 24.4 Å². The van der Waals surface area contributed by atoms with Gasteiger partial charge in [0.15, 0.2) is 5.65 Å². The van der Waals surface area contributed by atoms with Gasteiger partial charge in [-0.3, -0.25) is 4.79 Å². The molecule has 1 N–H and O–H groups in total. The lowest BCUT2D eigenvalue weighted by molar-refractivity contribution is 0.0953. The van der Waals surface area contributed by atoms with Crippen molar-refractivity contribution in [1.82, 2.24) is 25.1 Å². The minimum atomic E-state index is -0.111. The monoisotopic (exact) mass is 379 g/mol. The van der Waals surface area contributed by atoms with Crippen molar-refractivity contribution in [2.45, 2.75) is 33.2 Å². The number of fused-ring (bicyclic) bond motifs is 2. The molecule has 0 saturated carbocycles. The lowest BCUT2D eigenvalue weighted by Gasteiger charge is -2.09. The predicted octanol–water partition coefficient (Wildman–Crippen LogP) is 3.90. The van der Waals surface area contributed by atoms with Crippen molar-refractivity contribution in [2.24, 2.45) is 0 Å². The molecule has 3 heterocycles. The number of thiazole rings is 1. The number of nitrogens with zero attached hydrogens (tertiary/aromatic N) is 4. The first-order valence-corrected chi connectivity index (χ1v) is 9.82. The van der Waals surface area contributed by atoms with E-state index in [4.69, 9.17) is 0 Å². The average molecular weight is 379 g/mol. The number of carbonyl (C=O) groups excluding carboxylic acids is 1. The van der Waals surface area contributed by atoms with E-state index in [2.05, 4.69) is 40.3 Å². The zero-order valence-corrected chi connectivity index (χ0v) is 16.4. The molecule has 0 aliphatic heterocycles. The van der Waals surface area contributed by atoms with Crippen LogP contribution in [0.3, 0.4) is 0 Å². The fourth-order valence-corrected chi connectivity index (χ4v) is 4.05. The number of para-hydroxylation sites is 1. The summed E-state index contributed by atoms with van der Waals surface area (Å²) in [6.07, 6.45) is 2.48. The van der Waals surface area contributed by atoms with Crippen molar-refractivity contribution in [3.8, 4) is 0 Å². The summed E-state index contributed by atoms with van der Waals surface area (Å²) in [6, 6.07) is 10.2. The van der Waals surface area contributed by atoms with Crippen LogP contribution in [0.1, 0.15) is 40.9 Å². The van der Waals surface area contributed by atoms with Gasteiger partial charge in [-0.2, -0.15) is 5.10 Å². The van der Waals surface area contributed by atoms with E-state index >= 15 is 0 Å². The van der Waals surface area contributed by atoms with Gasteiger partial charge in [0.2, 0.25) is 0 Å². The summed E-state index contributed by atoms with van der Waals surface area (Å²) in [6.45, 7) is 6.53. The van der Waals surface area contributed by atoms with E-state index in [0.29, 0.717) is 24.2 Å². The Labute approximate surface area is 161 Å². The number of pyridine rings is 1. The molecule has 0 aliphatic rings. The molecule has 0 saturated heterocycles. The Balaban J connectivity index is 1.47. The molecule has 1 amide bonds. The van der Waals surface area contributed by atoms with Crippen molar-refractivity contribution in [3.63, 3.8) is 0 Å². The summed E-state index contributed by atoms with van der Waals surface area (Å²) < 4.78 is 3.04. The molecular formula is C20H21N5OS. The molecule has 0 radical (unpaired) electrons. The third kappa shape index (κ3) is 3.42. The standard InChI is InChI=1S/C20H21N5OS/c1-12(2)25-19-14(11-22-25)10-15(13(3)23-19)20(26)21-9-8-18-24-16-6-4-5-7-17(16)27-18/h4-7,10-12H,8-9H2,1-3H3,(H,21,26). The maximum absolute atomic E-state index is 12.6. The molecule has 0 fully saturated rings. The fourth-order valence-electron chi connectivity index (χ4n) is 3.08. The highest BCUT2D eigenvalue weighted by molar-refractivity contribution is 7.18. The molecule has 7 heteroatoms. The molecule has 138 valence electrons. The van der Waals surface area contributed by atoms with Gasteiger partial charge < -0.3 is 5.32 Å².